The number of benzene rings is 3. The van der Waals surface area contributed by atoms with Crippen molar-refractivity contribution >= 4 is 29.3 Å². The number of thioether (sulfide) groups is 1. The largest absolute Gasteiger partial charge is 0.336 e. The topological polar surface area (TPSA) is 80.1 Å². The van der Waals surface area contributed by atoms with Gasteiger partial charge in [0, 0.05) is 24.0 Å². The molecule has 0 bridgehead atoms. The minimum absolute atomic E-state index is 0.0580. The van der Waals surface area contributed by atoms with Crippen LogP contribution in [0.1, 0.15) is 5.56 Å². The average molecular weight is 490 g/mol. The smallest absolute Gasteiger partial charge is 0.243 e. The summed E-state index contributed by atoms with van der Waals surface area (Å²) in [6.45, 7) is 1.89. The maximum Gasteiger partial charge on any atom is 0.243 e. The number of aromatic nitrogens is 3. The number of halogens is 1. The van der Waals surface area contributed by atoms with Crippen molar-refractivity contribution in [2.75, 3.05) is 24.7 Å². The maximum absolute atomic E-state index is 13.5. The average Bonchev–Trinajstić information content (AvgIpc) is 3.29. The van der Waals surface area contributed by atoms with E-state index >= 15 is 0 Å². The Morgan fingerprint density at radius 2 is 1.66 bits per heavy atom. The van der Waals surface area contributed by atoms with Gasteiger partial charge in [0.25, 0.3) is 0 Å². The molecule has 3 aromatic carbocycles. The van der Waals surface area contributed by atoms with Gasteiger partial charge >= 0.3 is 0 Å². The van der Waals surface area contributed by atoms with Gasteiger partial charge in [0.1, 0.15) is 5.82 Å². The third kappa shape index (κ3) is 6.13. The first kappa shape index (κ1) is 24.2. The van der Waals surface area contributed by atoms with E-state index in [1.165, 1.54) is 28.8 Å². The number of anilines is 1. The van der Waals surface area contributed by atoms with E-state index in [1.54, 1.807) is 23.7 Å². The SMILES string of the molecule is Cc1ccc(NC(=O)CN(C)C(=O)CSc2nnc(-c3ccccc3)n2-c2ccc(F)cc2)cc1. The number of hydrogen-bond donors (Lipinski definition) is 1. The van der Waals surface area contributed by atoms with E-state index in [9.17, 15) is 14.0 Å². The molecule has 0 saturated carbocycles. The van der Waals surface area contributed by atoms with Crippen molar-refractivity contribution in [3.63, 3.8) is 0 Å². The van der Waals surface area contributed by atoms with Gasteiger partial charge in [-0.3, -0.25) is 14.2 Å². The lowest BCUT2D eigenvalue weighted by atomic mass is 10.2. The molecule has 1 N–H and O–H groups in total. The molecule has 0 saturated heterocycles. The number of nitrogens with zero attached hydrogens (tertiary/aromatic N) is 4. The highest BCUT2D eigenvalue weighted by molar-refractivity contribution is 7.99. The van der Waals surface area contributed by atoms with Gasteiger partial charge in [-0.25, -0.2) is 4.39 Å². The molecule has 0 spiro atoms. The van der Waals surface area contributed by atoms with Crippen molar-refractivity contribution in [3.8, 4) is 17.1 Å². The summed E-state index contributed by atoms with van der Waals surface area (Å²) >= 11 is 1.20. The molecule has 7 nitrogen and oxygen atoms in total. The first-order valence-corrected chi connectivity index (χ1v) is 11.9. The predicted octanol–water partition coefficient (Wildman–Crippen LogP) is 4.57. The fourth-order valence-electron chi connectivity index (χ4n) is 3.34. The summed E-state index contributed by atoms with van der Waals surface area (Å²) in [4.78, 5) is 26.4. The van der Waals surface area contributed by atoms with Crippen LogP contribution in [-0.2, 0) is 9.59 Å². The standard InChI is InChI=1S/C26H24FN5O2S/c1-18-8-12-21(13-9-18)28-23(33)16-31(2)24(34)17-35-26-30-29-25(19-6-4-3-5-7-19)32(26)22-14-10-20(27)11-15-22/h3-15H,16-17H2,1-2H3,(H,28,33). The summed E-state index contributed by atoms with van der Waals surface area (Å²) in [5, 5.41) is 11.9. The number of carbonyl (C=O) groups excluding carboxylic acids is 2. The van der Waals surface area contributed by atoms with Crippen LogP contribution < -0.4 is 5.32 Å². The second-order valence-corrected chi connectivity index (χ2v) is 8.88. The summed E-state index contributed by atoms with van der Waals surface area (Å²) in [5.74, 6) is -0.224. The predicted molar refractivity (Wildman–Crippen MR) is 135 cm³/mol. The van der Waals surface area contributed by atoms with E-state index in [0.717, 1.165) is 11.1 Å². The Balaban J connectivity index is 1.45. The number of hydrogen-bond acceptors (Lipinski definition) is 5. The van der Waals surface area contributed by atoms with E-state index in [0.29, 0.717) is 22.4 Å². The van der Waals surface area contributed by atoms with E-state index in [2.05, 4.69) is 15.5 Å². The van der Waals surface area contributed by atoms with Gasteiger partial charge in [0.2, 0.25) is 11.8 Å². The zero-order valence-corrected chi connectivity index (χ0v) is 20.1. The number of carbonyl (C=O) groups is 2. The quantitative estimate of drug-likeness (QED) is 0.367. The molecule has 0 fully saturated rings. The highest BCUT2D eigenvalue weighted by atomic mass is 32.2. The molecule has 4 aromatic rings. The molecule has 9 heteroatoms. The minimum Gasteiger partial charge on any atom is -0.336 e. The summed E-state index contributed by atoms with van der Waals surface area (Å²) in [6.07, 6.45) is 0. The van der Waals surface area contributed by atoms with Gasteiger partial charge in [-0.1, -0.05) is 59.8 Å². The van der Waals surface area contributed by atoms with Crippen LogP contribution in [-0.4, -0.2) is 50.8 Å². The molecule has 0 atom stereocenters. The minimum atomic E-state index is -0.349. The first-order valence-electron chi connectivity index (χ1n) is 10.9. The molecule has 1 aromatic heterocycles. The Labute approximate surface area is 207 Å². The van der Waals surface area contributed by atoms with E-state index in [-0.39, 0.29) is 29.9 Å². The number of aryl methyl sites for hydroxylation is 1. The first-order chi connectivity index (χ1) is 16.9. The Kier molecular flexibility index (Phi) is 7.57. The van der Waals surface area contributed by atoms with Crippen molar-refractivity contribution < 1.29 is 14.0 Å². The van der Waals surface area contributed by atoms with Gasteiger partial charge in [0.15, 0.2) is 11.0 Å². The Morgan fingerprint density at radius 3 is 2.34 bits per heavy atom. The summed E-state index contributed by atoms with van der Waals surface area (Å²) in [5.41, 5.74) is 3.29. The lowest BCUT2D eigenvalue weighted by molar-refractivity contribution is -0.131. The molecule has 0 aliphatic rings. The van der Waals surface area contributed by atoms with Crippen LogP contribution in [0.15, 0.2) is 84.0 Å². The molecule has 0 aliphatic heterocycles. The fourth-order valence-corrected chi connectivity index (χ4v) is 4.23. The van der Waals surface area contributed by atoms with Crippen molar-refractivity contribution in [2.45, 2.75) is 12.1 Å². The van der Waals surface area contributed by atoms with Crippen molar-refractivity contribution in [1.29, 1.82) is 0 Å². The van der Waals surface area contributed by atoms with E-state index in [1.807, 2.05) is 61.5 Å². The van der Waals surface area contributed by atoms with Gasteiger partial charge in [-0.05, 0) is 43.3 Å². The Hall–Kier alpha value is -3.98. The lowest BCUT2D eigenvalue weighted by Crippen LogP contribution is -2.36. The number of nitrogens with one attached hydrogen (secondary N) is 1. The molecule has 2 amide bonds. The van der Waals surface area contributed by atoms with Crippen LogP contribution in [0.3, 0.4) is 0 Å². The molecule has 0 radical (unpaired) electrons. The molecule has 0 aliphatic carbocycles. The van der Waals surface area contributed by atoms with Crippen LogP contribution in [0.25, 0.3) is 17.1 Å². The summed E-state index contributed by atoms with van der Waals surface area (Å²) < 4.78 is 15.3. The molecule has 178 valence electrons. The number of rotatable bonds is 8. The van der Waals surface area contributed by atoms with Crippen LogP contribution >= 0.6 is 11.8 Å². The summed E-state index contributed by atoms with van der Waals surface area (Å²) in [7, 11) is 1.58. The van der Waals surface area contributed by atoms with Crippen LogP contribution in [0.5, 0.6) is 0 Å². The highest BCUT2D eigenvalue weighted by Gasteiger charge is 2.19. The van der Waals surface area contributed by atoms with Gasteiger partial charge in [0.05, 0.1) is 12.3 Å². The third-order valence-electron chi connectivity index (χ3n) is 5.22. The third-order valence-corrected chi connectivity index (χ3v) is 6.13. The van der Waals surface area contributed by atoms with Crippen LogP contribution in [0.4, 0.5) is 10.1 Å². The molecule has 0 unspecified atom stereocenters. The zero-order valence-electron chi connectivity index (χ0n) is 19.3. The fraction of sp³-hybridized carbons (Fsp3) is 0.154. The monoisotopic (exact) mass is 489 g/mol. The molecular weight excluding hydrogens is 465 g/mol. The second-order valence-electron chi connectivity index (χ2n) is 7.94. The Morgan fingerprint density at radius 1 is 0.971 bits per heavy atom. The highest BCUT2D eigenvalue weighted by Crippen LogP contribution is 2.28. The number of amides is 2. The molecule has 1 heterocycles. The zero-order chi connectivity index (χ0) is 24.8. The lowest BCUT2D eigenvalue weighted by Gasteiger charge is -2.17. The summed E-state index contributed by atoms with van der Waals surface area (Å²) in [6, 6.07) is 23.0. The van der Waals surface area contributed by atoms with Crippen LogP contribution in [0, 0.1) is 12.7 Å². The van der Waals surface area contributed by atoms with Gasteiger partial charge in [-0.2, -0.15) is 0 Å². The molecule has 35 heavy (non-hydrogen) atoms. The normalized spacial score (nSPS) is 10.7. The van der Waals surface area contributed by atoms with Crippen molar-refractivity contribution in [2.24, 2.45) is 0 Å². The van der Waals surface area contributed by atoms with Gasteiger partial charge < -0.3 is 10.2 Å². The van der Waals surface area contributed by atoms with Gasteiger partial charge in [-0.15, -0.1) is 10.2 Å². The Bertz CT molecular complexity index is 1310. The second kappa shape index (κ2) is 11.0. The molecule has 4 rings (SSSR count). The van der Waals surface area contributed by atoms with Crippen LogP contribution in [0.2, 0.25) is 0 Å². The molecular formula is C26H24FN5O2S. The number of likely N-dealkylation sites (N-methyl/N-ethyl adjacent to an activating group) is 1. The van der Waals surface area contributed by atoms with Crippen molar-refractivity contribution in [1.82, 2.24) is 19.7 Å². The maximum atomic E-state index is 13.5. The van der Waals surface area contributed by atoms with E-state index < -0.39 is 0 Å². The van der Waals surface area contributed by atoms with Crippen molar-refractivity contribution in [3.05, 3.63) is 90.2 Å². The van der Waals surface area contributed by atoms with E-state index in [4.69, 9.17) is 0 Å².